The molecule has 0 heterocycles. The number of hydrogen-bond acceptors (Lipinski definition) is 7. The number of benzene rings is 2. The zero-order valence-corrected chi connectivity index (χ0v) is 14.3. The maximum atomic E-state index is 12.4. The van der Waals surface area contributed by atoms with E-state index in [1.807, 2.05) is 0 Å². The largest absolute Gasteiger partial charge is 0.493 e. The van der Waals surface area contributed by atoms with Gasteiger partial charge in [0, 0.05) is 0 Å². The van der Waals surface area contributed by atoms with Crippen LogP contribution in [0, 0.1) is 0 Å². The molecule has 0 saturated carbocycles. The van der Waals surface area contributed by atoms with Crippen molar-refractivity contribution >= 4 is 11.9 Å². The van der Waals surface area contributed by atoms with E-state index in [4.69, 9.17) is 18.9 Å². The SMILES string of the molecule is COC(=O)c1cccc(OC(=O)c2cc(OC)c(OC)c(OC)c2)c1. The molecule has 25 heavy (non-hydrogen) atoms. The van der Waals surface area contributed by atoms with Crippen molar-refractivity contribution < 1.29 is 33.3 Å². The Hall–Kier alpha value is -3.22. The first-order chi connectivity index (χ1) is 12.0. The van der Waals surface area contributed by atoms with Crippen molar-refractivity contribution in [3.63, 3.8) is 0 Å². The standard InChI is InChI=1S/C18H18O7/c1-21-14-9-12(10-15(22-2)16(14)23-3)18(20)25-13-7-5-6-11(8-13)17(19)24-4/h5-10H,1-4H3. The Morgan fingerprint density at radius 3 is 1.92 bits per heavy atom. The van der Waals surface area contributed by atoms with Crippen molar-refractivity contribution in [3.8, 4) is 23.0 Å². The molecule has 0 bridgehead atoms. The summed E-state index contributed by atoms with van der Waals surface area (Å²) in [7, 11) is 5.64. The maximum absolute atomic E-state index is 12.4. The van der Waals surface area contributed by atoms with Gasteiger partial charge < -0.3 is 23.7 Å². The third kappa shape index (κ3) is 4.00. The van der Waals surface area contributed by atoms with E-state index in [-0.39, 0.29) is 16.9 Å². The highest BCUT2D eigenvalue weighted by molar-refractivity contribution is 5.93. The summed E-state index contributed by atoms with van der Waals surface area (Å²) in [5.41, 5.74) is 0.482. The quantitative estimate of drug-likeness (QED) is 0.587. The van der Waals surface area contributed by atoms with Gasteiger partial charge in [-0.1, -0.05) is 6.07 Å². The van der Waals surface area contributed by atoms with Crippen LogP contribution in [0.15, 0.2) is 36.4 Å². The normalized spacial score (nSPS) is 9.92. The van der Waals surface area contributed by atoms with E-state index < -0.39 is 11.9 Å². The van der Waals surface area contributed by atoms with Gasteiger partial charge in [-0.3, -0.25) is 0 Å². The first-order valence-corrected chi connectivity index (χ1v) is 7.24. The summed E-state index contributed by atoms with van der Waals surface area (Å²) in [6.07, 6.45) is 0. The Kier molecular flexibility index (Phi) is 5.84. The highest BCUT2D eigenvalue weighted by Gasteiger charge is 2.18. The van der Waals surface area contributed by atoms with E-state index in [1.165, 1.54) is 46.6 Å². The Balaban J connectivity index is 2.31. The Morgan fingerprint density at radius 2 is 1.40 bits per heavy atom. The van der Waals surface area contributed by atoms with Crippen LogP contribution < -0.4 is 18.9 Å². The molecule has 7 nitrogen and oxygen atoms in total. The maximum Gasteiger partial charge on any atom is 0.343 e. The molecule has 2 rings (SSSR count). The minimum Gasteiger partial charge on any atom is -0.493 e. The predicted octanol–water partition coefficient (Wildman–Crippen LogP) is 2.72. The monoisotopic (exact) mass is 346 g/mol. The second kappa shape index (κ2) is 8.05. The van der Waals surface area contributed by atoms with E-state index in [1.54, 1.807) is 18.2 Å². The second-order valence-electron chi connectivity index (χ2n) is 4.82. The third-order valence-corrected chi connectivity index (χ3v) is 3.37. The van der Waals surface area contributed by atoms with Crippen molar-refractivity contribution in [2.24, 2.45) is 0 Å². The average Bonchev–Trinajstić information content (AvgIpc) is 2.66. The van der Waals surface area contributed by atoms with Gasteiger partial charge in [-0.2, -0.15) is 0 Å². The van der Waals surface area contributed by atoms with Gasteiger partial charge in [-0.05, 0) is 30.3 Å². The lowest BCUT2D eigenvalue weighted by Crippen LogP contribution is -2.10. The zero-order valence-electron chi connectivity index (χ0n) is 14.3. The van der Waals surface area contributed by atoms with Gasteiger partial charge in [0.2, 0.25) is 5.75 Å². The molecule has 0 radical (unpaired) electrons. The lowest BCUT2D eigenvalue weighted by atomic mass is 10.1. The van der Waals surface area contributed by atoms with Gasteiger partial charge in [-0.25, -0.2) is 9.59 Å². The lowest BCUT2D eigenvalue weighted by molar-refractivity contribution is 0.0597. The Morgan fingerprint density at radius 1 is 0.760 bits per heavy atom. The molecule has 2 aromatic rings. The number of carbonyl (C=O) groups is 2. The molecule has 0 fully saturated rings. The molecule has 132 valence electrons. The third-order valence-electron chi connectivity index (χ3n) is 3.37. The van der Waals surface area contributed by atoms with Crippen molar-refractivity contribution in [1.29, 1.82) is 0 Å². The number of methoxy groups -OCH3 is 4. The molecule has 7 heteroatoms. The smallest absolute Gasteiger partial charge is 0.343 e. The molecule has 0 aliphatic carbocycles. The van der Waals surface area contributed by atoms with E-state index in [0.717, 1.165) is 0 Å². The molecule has 0 aliphatic heterocycles. The number of carbonyl (C=O) groups excluding carboxylic acids is 2. The van der Waals surface area contributed by atoms with Crippen LogP contribution in [-0.4, -0.2) is 40.4 Å². The first-order valence-electron chi connectivity index (χ1n) is 7.24. The summed E-state index contributed by atoms with van der Waals surface area (Å²) in [5.74, 6) is 0.0806. The van der Waals surface area contributed by atoms with E-state index in [9.17, 15) is 9.59 Å². The molecule has 0 amide bonds. The highest BCUT2D eigenvalue weighted by atomic mass is 16.5. The van der Waals surface area contributed by atoms with Gasteiger partial charge in [0.05, 0.1) is 39.6 Å². The van der Waals surface area contributed by atoms with Crippen molar-refractivity contribution in [2.45, 2.75) is 0 Å². The van der Waals surface area contributed by atoms with Crippen LogP contribution in [-0.2, 0) is 4.74 Å². The lowest BCUT2D eigenvalue weighted by Gasteiger charge is -2.13. The summed E-state index contributed by atoms with van der Waals surface area (Å²) in [6, 6.07) is 9.08. The molecule has 2 aromatic carbocycles. The fourth-order valence-corrected chi connectivity index (χ4v) is 2.17. The van der Waals surface area contributed by atoms with E-state index in [0.29, 0.717) is 17.2 Å². The van der Waals surface area contributed by atoms with Crippen LogP contribution >= 0.6 is 0 Å². The van der Waals surface area contributed by atoms with Gasteiger partial charge >= 0.3 is 11.9 Å². The van der Waals surface area contributed by atoms with Gasteiger partial charge in [-0.15, -0.1) is 0 Å². The topological polar surface area (TPSA) is 80.3 Å². The van der Waals surface area contributed by atoms with Crippen molar-refractivity contribution in [1.82, 2.24) is 0 Å². The fourth-order valence-electron chi connectivity index (χ4n) is 2.17. The molecular weight excluding hydrogens is 328 g/mol. The summed E-state index contributed by atoms with van der Waals surface area (Å²) >= 11 is 0. The highest BCUT2D eigenvalue weighted by Crippen LogP contribution is 2.38. The molecule has 0 aromatic heterocycles. The zero-order chi connectivity index (χ0) is 18.4. The van der Waals surface area contributed by atoms with Crippen LogP contribution in [0.4, 0.5) is 0 Å². The number of esters is 2. The van der Waals surface area contributed by atoms with Crippen LogP contribution in [0.25, 0.3) is 0 Å². The molecule has 0 aliphatic rings. The molecular formula is C18H18O7. The number of ether oxygens (including phenoxy) is 5. The van der Waals surface area contributed by atoms with Crippen molar-refractivity contribution in [2.75, 3.05) is 28.4 Å². The van der Waals surface area contributed by atoms with Crippen LogP contribution in [0.1, 0.15) is 20.7 Å². The Bertz CT molecular complexity index is 758. The predicted molar refractivity (Wildman–Crippen MR) is 88.8 cm³/mol. The molecule has 0 unspecified atom stereocenters. The first kappa shape index (κ1) is 18.1. The number of hydrogen-bond donors (Lipinski definition) is 0. The average molecular weight is 346 g/mol. The number of rotatable bonds is 6. The summed E-state index contributed by atoms with van der Waals surface area (Å²) < 4.78 is 25.6. The van der Waals surface area contributed by atoms with Gasteiger partial charge in [0.15, 0.2) is 11.5 Å². The fraction of sp³-hybridized carbons (Fsp3) is 0.222. The summed E-state index contributed by atoms with van der Waals surface area (Å²) in [5, 5.41) is 0. The van der Waals surface area contributed by atoms with E-state index in [2.05, 4.69) is 4.74 Å². The summed E-state index contributed by atoms with van der Waals surface area (Å²) in [6.45, 7) is 0. The van der Waals surface area contributed by atoms with Crippen LogP contribution in [0.5, 0.6) is 23.0 Å². The Labute approximate surface area is 145 Å². The van der Waals surface area contributed by atoms with Gasteiger partial charge in [0.25, 0.3) is 0 Å². The molecule has 0 N–H and O–H groups in total. The van der Waals surface area contributed by atoms with Gasteiger partial charge in [0.1, 0.15) is 5.75 Å². The van der Waals surface area contributed by atoms with Crippen LogP contribution in [0.3, 0.4) is 0 Å². The molecule has 0 saturated heterocycles. The molecule has 0 spiro atoms. The molecule has 0 atom stereocenters. The minimum absolute atomic E-state index is 0.206. The van der Waals surface area contributed by atoms with Crippen molar-refractivity contribution in [3.05, 3.63) is 47.5 Å². The summed E-state index contributed by atoms with van der Waals surface area (Å²) in [4.78, 5) is 24.0. The second-order valence-corrected chi connectivity index (χ2v) is 4.82. The minimum atomic E-state index is -0.638. The van der Waals surface area contributed by atoms with E-state index >= 15 is 0 Å². The van der Waals surface area contributed by atoms with Crippen LogP contribution in [0.2, 0.25) is 0 Å².